The van der Waals surface area contributed by atoms with Crippen molar-refractivity contribution in [3.63, 3.8) is 0 Å². The van der Waals surface area contributed by atoms with Gasteiger partial charge in [0.25, 0.3) is 0 Å². The lowest BCUT2D eigenvalue weighted by molar-refractivity contribution is 0.675. The predicted molar refractivity (Wildman–Crippen MR) is 96.9 cm³/mol. The molecule has 0 spiro atoms. The van der Waals surface area contributed by atoms with E-state index in [1.807, 2.05) is 12.3 Å². The van der Waals surface area contributed by atoms with E-state index in [4.69, 9.17) is 0 Å². The lowest BCUT2D eigenvalue weighted by Gasteiger charge is -2.16. The van der Waals surface area contributed by atoms with Gasteiger partial charge in [-0.15, -0.1) is 0 Å². The molecule has 116 valence electrons. The molecule has 0 aliphatic rings. The molecule has 1 aromatic heterocycles. The molecule has 0 saturated heterocycles. The number of aromatic nitrogens is 1. The van der Waals surface area contributed by atoms with Gasteiger partial charge in [0.1, 0.15) is 0 Å². The molecule has 0 aliphatic heterocycles. The highest BCUT2D eigenvalue weighted by molar-refractivity contribution is 7.81. The third kappa shape index (κ3) is 6.06. The Morgan fingerprint density at radius 2 is 2.24 bits per heavy atom. The lowest BCUT2D eigenvalue weighted by atomic mass is 9.95. The Balaban J connectivity index is 2.98. The van der Waals surface area contributed by atoms with E-state index < -0.39 is 0 Å². The van der Waals surface area contributed by atoms with Crippen LogP contribution in [0.3, 0.4) is 0 Å². The van der Waals surface area contributed by atoms with Crippen molar-refractivity contribution in [1.82, 2.24) is 10.3 Å². The highest BCUT2D eigenvalue weighted by Gasteiger charge is 2.10. The van der Waals surface area contributed by atoms with Crippen LogP contribution in [-0.4, -0.2) is 23.3 Å². The molecular formula is C18H28N2S. The van der Waals surface area contributed by atoms with Gasteiger partial charge in [0.15, 0.2) is 0 Å². The second kappa shape index (κ2) is 9.80. The third-order valence-corrected chi connectivity index (χ3v) is 3.55. The van der Waals surface area contributed by atoms with Crippen LogP contribution in [0.25, 0.3) is 5.57 Å². The predicted octanol–water partition coefficient (Wildman–Crippen LogP) is 4.43. The summed E-state index contributed by atoms with van der Waals surface area (Å²) in [5, 5.41) is 3.77. The van der Waals surface area contributed by atoms with Crippen LogP contribution in [0.1, 0.15) is 44.9 Å². The van der Waals surface area contributed by atoms with Crippen LogP contribution in [0, 0.1) is 6.92 Å². The smallest absolute Gasteiger partial charge is 0.0450 e. The summed E-state index contributed by atoms with van der Waals surface area (Å²) in [7, 11) is 0. The van der Waals surface area contributed by atoms with E-state index in [0.29, 0.717) is 0 Å². The summed E-state index contributed by atoms with van der Waals surface area (Å²) < 4.78 is 0. The fourth-order valence-electron chi connectivity index (χ4n) is 2.34. The average molecular weight is 305 g/mol. The highest BCUT2D eigenvalue weighted by atomic mass is 32.1. The van der Waals surface area contributed by atoms with E-state index in [-0.39, 0.29) is 5.25 Å². The maximum atomic E-state index is 4.53. The quantitative estimate of drug-likeness (QED) is 0.422. The first-order chi connectivity index (χ1) is 10.1. The van der Waals surface area contributed by atoms with E-state index in [2.05, 4.69) is 68.8 Å². The van der Waals surface area contributed by atoms with Crippen LogP contribution in [0.4, 0.5) is 0 Å². The average Bonchev–Trinajstić information content (AvgIpc) is 2.45. The molecule has 1 rings (SSSR count). The summed E-state index contributed by atoms with van der Waals surface area (Å²) in [6.45, 7) is 10.4. The molecule has 0 saturated carbocycles. The Morgan fingerprint density at radius 1 is 1.48 bits per heavy atom. The topological polar surface area (TPSA) is 24.9 Å². The largest absolute Gasteiger partial charge is 0.313 e. The Hall–Kier alpha value is -1.06. The zero-order valence-electron chi connectivity index (χ0n) is 13.7. The van der Waals surface area contributed by atoms with Crippen molar-refractivity contribution in [2.45, 2.75) is 45.8 Å². The first-order valence-corrected chi connectivity index (χ1v) is 8.29. The SMILES string of the molecule is C/C=C(/C(=C/C(C)S)CNCCCC)c1cccnc1C. The van der Waals surface area contributed by atoms with E-state index >= 15 is 0 Å². The number of hydrogen-bond acceptors (Lipinski definition) is 3. The number of thiol groups is 1. The molecule has 1 unspecified atom stereocenters. The van der Waals surface area contributed by atoms with Crippen LogP contribution in [0.15, 0.2) is 36.1 Å². The number of nitrogens with one attached hydrogen (secondary N) is 1. The molecule has 1 atom stereocenters. The van der Waals surface area contributed by atoms with Crippen LogP contribution in [0.2, 0.25) is 0 Å². The van der Waals surface area contributed by atoms with Crippen LogP contribution in [-0.2, 0) is 0 Å². The fraction of sp³-hybridized carbons (Fsp3) is 0.500. The van der Waals surface area contributed by atoms with Crippen molar-refractivity contribution in [3.05, 3.63) is 47.3 Å². The second-order valence-corrected chi connectivity index (χ2v) is 6.12. The highest BCUT2D eigenvalue weighted by Crippen LogP contribution is 2.25. The molecule has 2 nitrogen and oxygen atoms in total. The zero-order chi connectivity index (χ0) is 15.7. The minimum Gasteiger partial charge on any atom is -0.313 e. The van der Waals surface area contributed by atoms with Crippen molar-refractivity contribution >= 4 is 18.2 Å². The molecule has 1 heterocycles. The monoisotopic (exact) mass is 304 g/mol. The van der Waals surface area contributed by atoms with Gasteiger partial charge in [-0.05, 0) is 50.9 Å². The Kier molecular flexibility index (Phi) is 8.40. The summed E-state index contributed by atoms with van der Waals surface area (Å²) in [5.74, 6) is 0. The molecule has 0 bridgehead atoms. The number of rotatable bonds is 8. The Morgan fingerprint density at radius 3 is 2.81 bits per heavy atom. The molecule has 1 N–H and O–H groups in total. The Bertz CT molecular complexity index is 490. The lowest BCUT2D eigenvalue weighted by Crippen LogP contribution is -2.19. The summed E-state index contributed by atoms with van der Waals surface area (Å²) in [6, 6.07) is 4.14. The first-order valence-electron chi connectivity index (χ1n) is 7.78. The van der Waals surface area contributed by atoms with Crippen molar-refractivity contribution < 1.29 is 0 Å². The van der Waals surface area contributed by atoms with E-state index in [1.54, 1.807) is 0 Å². The van der Waals surface area contributed by atoms with Gasteiger partial charge < -0.3 is 5.32 Å². The molecule has 1 aromatic rings. The minimum atomic E-state index is 0.236. The van der Waals surface area contributed by atoms with Crippen molar-refractivity contribution in [2.75, 3.05) is 13.1 Å². The van der Waals surface area contributed by atoms with Crippen molar-refractivity contribution in [3.8, 4) is 0 Å². The van der Waals surface area contributed by atoms with Crippen LogP contribution < -0.4 is 5.32 Å². The maximum Gasteiger partial charge on any atom is 0.0450 e. The number of unbranched alkanes of at least 4 members (excludes halogenated alkanes) is 1. The molecule has 0 aliphatic carbocycles. The summed E-state index contributed by atoms with van der Waals surface area (Å²) >= 11 is 4.53. The molecule has 0 fully saturated rings. The summed E-state index contributed by atoms with van der Waals surface area (Å²) in [4.78, 5) is 4.41. The standard InChI is InChI=1S/C18H28N2S/c1-5-7-10-19-13-16(12-14(3)21)17(6-2)18-9-8-11-20-15(18)4/h6,8-9,11-12,14,19,21H,5,7,10,13H2,1-4H3/b16-12+,17-6-. The molecule has 0 amide bonds. The van der Waals surface area contributed by atoms with Gasteiger partial charge in [0, 0.05) is 29.2 Å². The van der Waals surface area contributed by atoms with Gasteiger partial charge >= 0.3 is 0 Å². The van der Waals surface area contributed by atoms with Gasteiger partial charge in [-0.2, -0.15) is 12.6 Å². The molecule has 3 heteroatoms. The van der Waals surface area contributed by atoms with Crippen LogP contribution >= 0.6 is 12.6 Å². The van der Waals surface area contributed by atoms with E-state index in [0.717, 1.165) is 18.8 Å². The summed E-state index contributed by atoms with van der Waals surface area (Å²) in [6.07, 6.45) is 8.67. The van der Waals surface area contributed by atoms with E-state index in [9.17, 15) is 0 Å². The number of aryl methyl sites for hydroxylation is 1. The summed E-state index contributed by atoms with van der Waals surface area (Å²) in [5.41, 5.74) is 4.83. The second-order valence-electron chi connectivity index (χ2n) is 5.30. The molecule has 0 aromatic carbocycles. The number of nitrogens with zero attached hydrogens (tertiary/aromatic N) is 1. The van der Waals surface area contributed by atoms with Gasteiger partial charge in [0.2, 0.25) is 0 Å². The molecule has 21 heavy (non-hydrogen) atoms. The van der Waals surface area contributed by atoms with Crippen LogP contribution in [0.5, 0.6) is 0 Å². The van der Waals surface area contributed by atoms with Gasteiger partial charge in [-0.1, -0.05) is 31.6 Å². The first kappa shape index (κ1) is 18.0. The van der Waals surface area contributed by atoms with Gasteiger partial charge in [-0.3, -0.25) is 4.98 Å². The number of hydrogen-bond donors (Lipinski definition) is 2. The molecular weight excluding hydrogens is 276 g/mol. The zero-order valence-corrected chi connectivity index (χ0v) is 14.6. The third-order valence-electron chi connectivity index (χ3n) is 3.40. The maximum absolute atomic E-state index is 4.53. The fourth-order valence-corrected chi connectivity index (χ4v) is 2.52. The number of pyridine rings is 1. The Labute approximate surface area is 135 Å². The van der Waals surface area contributed by atoms with Gasteiger partial charge in [-0.25, -0.2) is 0 Å². The van der Waals surface area contributed by atoms with Crippen molar-refractivity contribution in [2.24, 2.45) is 0 Å². The number of allylic oxidation sites excluding steroid dienone is 1. The minimum absolute atomic E-state index is 0.236. The van der Waals surface area contributed by atoms with Gasteiger partial charge in [0.05, 0.1) is 0 Å². The van der Waals surface area contributed by atoms with Crippen molar-refractivity contribution in [1.29, 1.82) is 0 Å². The normalized spacial score (nSPS) is 14.3. The molecule has 0 radical (unpaired) electrons. The van der Waals surface area contributed by atoms with E-state index in [1.165, 1.54) is 29.6 Å².